The topological polar surface area (TPSA) is 67.5 Å². The van der Waals surface area contributed by atoms with Crippen LogP contribution in [0.4, 0.5) is 5.69 Å². The van der Waals surface area contributed by atoms with Crippen molar-refractivity contribution in [1.82, 2.24) is 9.88 Å². The number of oxazole rings is 1. The average molecular weight is 372 g/mol. The smallest absolute Gasteiger partial charge is 0.408 e. The van der Waals surface area contributed by atoms with Crippen LogP contribution in [0.15, 0.2) is 51.7 Å². The maximum Gasteiger partial charge on any atom is 0.420 e. The molecule has 2 aromatic carbocycles. The van der Waals surface area contributed by atoms with Crippen molar-refractivity contribution in [3.63, 3.8) is 0 Å². The first kappa shape index (κ1) is 16.7. The Morgan fingerprint density at radius 1 is 1.23 bits per heavy atom. The highest BCUT2D eigenvalue weighted by molar-refractivity contribution is 6.31. The van der Waals surface area contributed by atoms with Crippen LogP contribution < -0.4 is 16.0 Å². The normalized spacial score (nSPS) is 13.2. The van der Waals surface area contributed by atoms with Crippen LogP contribution in [0, 0.1) is 0 Å². The number of nitrogens with zero attached hydrogens (tertiary/aromatic N) is 2. The molecule has 0 spiro atoms. The van der Waals surface area contributed by atoms with Gasteiger partial charge in [-0.3, -0.25) is 9.36 Å². The molecule has 2 heterocycles. The van der Waals surface area contributed by atoms with Crippen LogP contribution in [0.2, 0.25) is 5.02 Å². The third-order valence-electron chi connectivity index (χ3n) is 4.62. The Morgan fingerprint density at radius 3 is 2.96 bits per heavy atom. The number of carbonyl (C=O) groups is 1. The number of fused-ring (bicyclic) bond motifs is 2. The highest BCUT2D eigenvalue weighted by Crippen LogP contribution is 2.26. The van der Waals surface area contributed by atoms with E-state index in [4.69, 9.17) is 16.0 Å². The molecule has 4 rings (SSSR count). The number of anilines is 1. The van der Waals surface area contributed by atoms with Gasteiger partial charge >= 0.3 is 5.76 Å². The lowest BCUT2D eigenvalue weighted by Crippen LogP contribution is -2.36. The van der Waals surface area contributed by atoms with Gasteiger partial charge in [0.2, 0.25) is 5.91 Å². The monoisotopic (exact) mass is 371 g/mol. The van der Waals surface area contributed by atoms with Crippen LogP contribution in [0.3, 0.4) is 0 Å². The molecule has 0 bridgehead atoms. The van der Waals surface area contributed by atoms with E-state index in [1.807, 2.05) is 12.1 Å². The maximum absolute atomic E-state index is 12.2. The number of amides is 1. The van der Waals surface area contributed by atoms with E-state index in [2.05, 4.69) is 22.3 Å². The number of aromatic nitrogens is 1. The zero-order valence-electron chi connectivity index (χ0n) is 14.1. The summed E-state index contributed by atoms with van der Waals surface area (Å²) >= 11 is 5.90. The molecule has 1 N–H and O–H groups in total. The second kappa shape index (κ2) is 6.88. The Hall–Kier alpha value is -2.73. The van der Waals surface area contributed by atoms with E-state index in [-0.39, 0.29) is 12.5 Å². The fourth-order valence-electron chi connectivity index (χ4n) is 3.36. The fraction of sp³-hybridized carbons (Fsp3) is 0.263. The van der Waals surface area contributed by atoms with Gasteiger partial charge in [-0.1, -0.05) is 29.8 Å². The second-order valence-electron chi connectivity index (χ2n) is 6.28. The van der Waals surface area contributed by atoms with Gasteiger partial charge in [0.15, 0.2) is 5.58 Å². The minimum absolute atomic E-state index is 0.0793. The lowest BCUT2D eigenvalue weighted by Gasteiger charge is -2.19. The van der Waals surface area contributed by atoms with Gasteiger partial charge in [0, 0.05) is 36.4 Å². The van der Waals surface area contributed by atoms with Crippen LogP contribution in [0.25, 0.3) is 11.1 Å². The molecule has 0 aliphatic carbocycles. The van der Waals surface area contributed by atoms with Gasteiger partial charge in [-0.25, -0.2) is 4.79 Å². The molecule has 1 aliphatic heterocycles. The van der Waals surface area contributed by atoms with E-state index in [9.17, 15) is 9.59 Å². The Labute approximate surface area is 155 Å². The van der Waals surface area contributed by atoms with Gasteiger partial charge in [-0.2, -0.15) is 0 Å². The molecule has 0 radical (unpaired) electrons. The molecule has 0 atom stereocenters. The number of rotatable bonds is 5. The Kier molecular flexibility index (Phi) is 4.42. The number of para-hydroxylation sites is 1. The predicted molar refractivity (Wildman–Crippen MR) is 101 cm³/mol. The van der Waals surface area contributed by atoms with Gasteiger partial charge in [0.25, 0.3) is 0 Å². The standard InChI is InChI=1S/C19H18ClN3O3/c20-14-5-6-16-17(11-14)26-19(25)23(16)12-18(24)21-8-10-22-9-7-13-3-1-2-4-15(13)22/h1-6,11H,7-10,12H2,(H,21,24). The van der Waals surface area contributed by atoms with Crippen LogP contribution in [-0.4, -0.2) is 30.1 Å². The minimum Gasteiger partial charge on any atom is -0.408 e. The molecule has 26 heavy (non-hydrogen) atoms. The first-order chi connectivity index (χ1) is 12.6. The molecule has 0 fully saturated rings. The molecule has 1 aromatic heterocycles. The average Bonchev–Trinajstić information content (AvgIpc) is 3.16. The summed E-state index contributed by atoms with van der Waals surface area (Å²) in [4.78, 5) is 26.5. The van der Waals surface area contributed by atoms with Gasteiger partial charge in [0.05, 0.1) is 5.52 Å². The minimum atomic E-state index is -0.564. The predicted octanol–water partition coefficient (Wildman–Crippen LogP) is 2.43. The van der Waals surface area contributed by atoms with E-state index < -0.39 is 5.76 Å². The largest absolute Gasteiger partial charge is 0.420 e. The summed E-state index contributed by atoms with van der Waals surface area (Å²) in [6.07, 6.45) is 1.03. The molecule has 1 aliphatic rings. The van der Waals surface area contributed by atoms with Gasteiger partial charge < -0.3 is 14.6 Å². The highest BCUT2D eigenvalue weighted by Gasteiger charge is 2.18. The zero-order valence-corrected chi connectivity index (χ0v) is 14.8. The summed E-state index contributed by atoms with van der Waals surface area (Å²) in [5.41, 5.74) is 3.51. The Morgan fingerprint density at radius 2 is 2.08 bits per heavy atom. The quantitative estimate of drug-likeness (QED) is 0.748. The molecule has 0 saturated carbocycles. The van der Waals surface area contributed by atoms with Crippen molar-refractivity contribution < 1.29 is 9.21 Å². The van der Waals surface area contributed by atoms with Crippen molar-refractivity contribution in [2.45, 2.75) is 13.0 Å². The Balaban J connectivity index is 1.37. The van der Waals surface area contributed by atoms with Gasteiger partial charge in [0.1, 0.15) is 6.54 Å². The van der Waals surface area contributed by atoms with Crippen LogP contribution in [-0.2, 0) is 17.8 Å². The number of carbonyl (C=O) groups excluding carboxylic acids is 1. The molecule has 134 valence electrons. The molecule has 0 saturated heterocycles. The summed E-state index contributed by atoms with van der Waals surface area (Å²) in [5, 5.41) is 3.35. The van der Waals surface area contributed by atoms with E-state index in [0.29, 0.717) is 22.7 Å². The van der Waals surface area contributed by atoms with Gasteiger partial charge in [-0.15, -0.1) is 0 Å². The fourth-order valence-corrected chi connectivity index (χ4v) is 3.52. The molecule has 1 amide bonds. The maximum atomic E-state index is 12.2. The van der Waals surface area contributed by atoms with E-state index >= 15 is 0 Å². The van der Waals surface area contributed by atoms with Crippen LogP contribution in [0.1, 0.15) is 5.56 Å². The third-order valence-corrected chi connectivity index (χ3v) is 4.85. The number of nitrogens with one attached hydrogen (secondary N) is 1. The summed E-state index contributed by atoms with van der Waals surface area (Å²) in [7, 11) is 0. The first-order valence-corrected chi connectivity index (χ1v) is 8.88. The molecule has 6 nitrogen and oxygen atoms in total. The van der Waals surface area contributed by atoms with Gasteiger partial charge in [-0.05, 0) is 30.2 Å². The first-order valence-electron chi connectivity index (χ1n) is 8.50. The molecular formula is C19H18ClN3O3. The SMILES string of the molecule is O=C(Cn1c(=O)oc2cc(Cl)ccc21)NCCN1CCc2ccccc21. The van der Waals surface area contributed by atoms with E-state index in [0.717, 1.165) is 19.5 Å². The third kappa shape index (κ3) is 3.20. The van der Waals surface area contributed by atoms with E-state index in [1.165, 1.54) is 15.8 Å². The van der Waals surface area contributed by atoms with Crippen molar-refractivity contribution in [3.05, 3.63) is 63.6 Å². The summed E-state index contributed by atoms with van der Waals surface area (Å²) in [6.45, 7) is 2.13. The number of hydrogen-bond acceptors (Lipinski definition) is 4. The summed E-state index contributed by atoms with van der Waals surface area (Å²) in [6, 6.07) is 13.2. The van der Waals surface area contributed by atoms with Crippen molar-refractivity contribution in [1.29, 1.82) is 0 Å². The number of benzene rings is 2. The van der Waals surface area contributed by atoms with Crippen molar-refractivity contribution in [2.24, 2.45) is 0 Å². The van der Waals surface area contributed by atoms with E-state index in [1.54, 1.807) is 18.2 Å². The zero-order chi connectivity index (χ0) is 18.1. The molecule has 3 aromatic rings. The lowest BCUT2D eigenvalue weighted by molar-refractivity contribution is -0.121. The molecule has 7 heteroatoms. The lowest BCUT2D eigenvalue weighted by atomic mass is 10.2. The highest BCUT2D eigenvalue weighted by atomic mass is 35.5. The second-order valence-corrected chi connectivity index (χ2v) is 6.72. The van der Waals surface area contributed by atoms with Crippen LogP contribution in [0.5, 0.6) is 0 Å². The van der Waals surface area contributed by atoms with Crippen molar-refractivity contribution in [2.75, 3.05) is 24.5 Å². The Bertz CT molecular complexity index is 1020. The van der Waals surface area contributed by atoms with Crippen molar-refractivity contribution >= 4 is 34.3 Å². The van der Waals surface area contributed by atoms with Crippen molar-refractivity contribution in [3.8, 4) is 0 Å². The summed E-state index contributed by atoms with van der Waals surface area (Å²) in [5.74, 6) is -0.789. The molecular weight excluding hydrogens is 354 g/mol. The number of halogens is 1. The van der Waals surface area contributed by atoms with Crippen LogP contribution >= 0.6 is 11.6 Å². The number of hydrogen-bond donors (Lipinski definition) is 1. The molecule has 0 unspecified atom stereocenters. The summed E-state index contributed by atoms with van der Waals surface area (Å²) < 4.78 is 6.45.